The molecule has 10 nitrogen and oxygen atoms in total. The summed E-state index contributed by atoms with van der Waals surface area (Å²) in [5.74, 6) is 1.01. The average Bonchev–Trinajstić information content (AvgIpc) is 3.57. The number of H-pyrrole nitrogens is 2. The predicted octanol–water partition coefficient (Wildman–Crippen LogP) is 3.63. The van der Waals surface area contributed by atoms with Crippen molar-refractivity contribution in [2.45, 2.75) is 6.54 Å². The maximum absolute atomic E-state index is 15.4. The first kappa shape index (κ1) is 20.4. The number of nitrogens with zero attached hydrogens (tertiary/aromatic N) is 6. The van der Waals surface area contributed by atoms with Gasteiger partial charge in [0.2, 0.25) is 0 Å². The lowest BCUT2D eigenvalue weighted by atomic mass is 10.2. The fourth-order valence-corrected chi connectivity index (χ4v) is 3.41. The molecule has 166 valence electrons. The van der Waals surface area contributed by atoms with Crippen molar-refractivity contribution >= 4 is 22.7 Å². The van der Waals surface area contributed by atoms with Crippen molar-refractivity contribution < 1.29 is 13.9 Å². The van der Waals surface area contributed by atoms with E-state index in [1.807, 2.05) is 0 Å². The molecule has 5 aromatic rings. The number of hydrogen-bond donors (Lipinski definition) is 2. The fraction of sp³-hybridized carbons (Fsp3) is 0.136. The first-order valence-corrected chi connectivity index (χ1v) is 9.96. The summed E-state index contributed by atoms with van der Waals surface area (Å²) in [5, 5.41) is 6.71. The molecule has 0 aliphatic heterocycles. The highest BCUT2D eigenvalue weighted by atomic mass is 19.1. The van der Waals surface area contributed by atoms with E-state index in [4.69, 9.17) is 9.47 Å². The summed E-state index contributed by atoms with van der Waals surface area (Å²) >= 11 is 0. The molecule has 0 atom stereocenters. The lowest BCUT2D eigenvalue weighted by molar-refractivity contribution is 0.374. The van der Waals surface area contributed by atoms with Gasteiger partial charge >= 0.3 is 0 Å². The number of aromatic amines is 2. The van der Waals surface area contributed by atoms with E-state index in [1.165, 1.54) is 20.3 Å². The van der Waals surface area contributed by atoms with Gasteiger partial charge in [-0.25, -0.2) is 19.3 Å². The molecule has 0 aliphatic rings. The van der Waals surface area contributed by atoms with Gasteiger partial charge in [0.1, 0.15) is 22.9 Å². The second kappa shape index (κ2) is 8.54. The van der Waals surface area contributed by atoms with Crippen LogP contribution >= 0.6 is 0 Å². The molecule has 0 radical (unpaired) electrons. The summed E-state index contributed by atoms with van der Waals surface area (Å²) in [5.41, 5.74) is 2.63. The van der Waals surface area contributed by atoms with Gasteiger partial charge in [-0.3, -0.25) is 10.1 Å². The number of benzene rings is 1. The van der Waals surface area contributed by atoms with Crippen molar-refractivity contribution in [2.75, 3.05) is 19.1 Å². The molecule has 0 aliphatic carbocycles. The van der Waals surface area contributed by atoms with Gasteiger partial charge in [0, 0.05) is 36.3 Å². The highest BCUT2D eigenvalue weighted by Crippen LogP contribution is 2.37. The number of hydrogen-bond acceptors (Lipinski definition) is 8. The molecule has 4 heterocycles. The van der Waals surface area contributed by atoms with Crippen LogP contribution in [0.15, 0.2) is 55.2 Å². The zero-order chi connectivity index (χ0) is 22.8. The number of pyridine rings is 1. The number of rotatable bonds is 7. The maximum Gasteiger partial charge on any atom is 0.188 e. The number of ether oxygens (including phenoxy) is 2. The number of methoxy groups -OCH3 is 2. The average molecular weight is 446 g/mol. The van der Waals surface area contributed by atoms with Crippen molar-refractivity contribution in [3.8, 4) is 22.8 Å². The van der Waals surface area contributed by atoms with Gasteiger partial charge in [-0.1, -0.05) is 0 Å². The standard InChI is InChI=1S/C22H19FN8O2/c1-32-14-7-17(21(23)18(8-14)33-2)31(12-19-24-5-6-25-19)20-4-3-15-22(30-20)29-16(11-26-15)13-9-27-28-10-13/h3-11H,12H2,1-2H3,(H,24,25)(H,27,28). The van der Waals surface area contributed by atoms with Crippen molar-refractivity contribution in [2.24, 2.45) is 0 Å². The lowest BCUT2D eigenvalue weighted by Crippen LogP contribution is -2.20. The largest absolute Gasteiger partial charge is 0.497 e. The number of imidazole rings is 1. The van der Waals surface area contributed by atoms with Crippen LogP contribution in [-0.2, 0) is 6.54 Å². The summed E-state index contributed by atoms with van der Waals surface area (Å²) in [4.78, 5) is 22.7. The van der Waals surface area contributed by atoms with Gasteiger partial charge < -0.3 is 19.4 Å². The minimum atomic E-state index is -0.551. The first-order chi connectivity index (χ1) is 16.2. The van der Waals surface area contributed by atoms with Gasteiger partial charge in [0.15, 0.2) is 17.2 Å². The van der Waals surface area contributed by atoms with Crippen LogP contribution < -0.4 is 14.4 Å². The summed E-state index contributed by atoms with van der Waals surface area (Å²) in [6, 6.07) is 6.61. The highest BCUT2D eigenvalue weighted by Gasteiger charge is 2.22. The third-order valence-corrected chi connectivity index (χ3v) is 5.07. The second-order valence-corrected chi connectivity index (χ2v) is 7.04. The number of anilines is 2. The predicted molar refractivity (Wildman–Crippen MR) is 119 cm³/mol. The molecule has 11 heteroatoms. The minimum absolute atomic E-state index is 0.0524. The Morgan fingerprint density at radius 1 is 1.06 bits per heavy atom. The highest BCUT2D eigenvalue weighted by molar-refractivity contribution is 5.77. The van der Waals surface area contributed by atoms with E-state index < -0.39 is 5.82 Å². The molecule has 33 heavy (non-hydrogen) atoms. The molecule has 0 bridgehead atoms. The molecule has 1 aromatic carbocycles. The molecule has 0 saturated heterocycles. The van der Waals surface area contributed by atoms with Gasteiger partial charge in [-0.2, -0.15) is 5.10 Å². The SMILES string of the molecule is COc1cc(OC)c(F)c(N(Cc2ncc[nH]2)c2ccc3ncc(-c4cn[nH]c4)nc3n2)c1. The van der Waals surface area contributed by atoms with E-state index in [0.29, 0.717) is 34.2 Å². The number of aromatic nitrogens is 7. The van der Waals surface area contributed by atoms with Crippen LogP contribution in [0.2, 0.25) is 0 Å². The van der Waals surface area contributed by atoms with Crippen molar-refractivity contribution in [1.82, 2.24) is 35.1 Å². The molecule has 0 unspecified atom stereocenters. The third-order valence-electron chi connectivity index (χ3n) is 5.07. The first-order valence-electron chi connectivity index (χ1n) is 9.96. The molecule has 5 rings (SSSR count). The van der Waals surface area contributed by atoms with Crippen LogP contribution in [0.5, 0.6) is 11.5 Å². The zero-order valence-corrected chi connectivity index (χ0v) is 17.8. The Bertz CT molecular complexity index is 1390. The molecule has 0 fully saturated rings. The summed E-state index contributed by atoms with van der Waals surface area (Å²) < 4.78 is 26.0. The molecule has 0 spiro atoms. The summed E-state index contributed by atoms with van der Waals surface area (Å²) in [7, 11) is 2.91. The Balaban J connectivity index is 1.65. The fourth-order valence-electron chi connectivity index (χ4n) is 3.41. The molecular weight excluding hydrogens is 427 g/mol. The Kier molecular flexibility index (Phi) is 5.27. The van der Waals surface area contributed by atoms with Crippen LogP contribution in [0.1, 0.15) is 5.82 Å². The van der Waals surface area contributed by atoms with Crippen LogP contribution in [-0.4, -0.2) is 49.3 Å². The zero-order valence-electron chi connectivity index (χ0n) is 17.8. The summed E-state index contributed by atoms with van der Waals surface area (Å²) in [6.07, 6.45) is 8.36. The van der Waals surface area contributed by atoms with Crippen molar-refractivity contribution in [1.29, 1.82) is 0 Å². The van der Waals surface area contributed by atoms with E-state index in [-0.39, 0.29) is 18.0 Å². The van der Waals surface area contributed by atoms with Gasteiger partial charge in [0.25, 0.3) is 0 Å². The molecule has 0 saturated carbocycles. The monoisotopic (exact) mass is 446 g/mol. The molecule has 2 N–H and O–H groups in total. The molecule has 4 aromatic heterocycles. The number of nitrogens with one attached hydrogen (secondary N) is 2. The Morgan fingerprint density at radius 3 is 2.70 bits per heavy atom. The van der Waals surface area contributed by atoms with Crippen LogP contribution in [0.3, 0.4) is 0 Å². The van der Waals surface area contributed by atoms with Gasteiger partial charge in [-0.05, 0) is 12.1 Å². The van der Waals surface area contributed by atoms with Gasteiger partial charge in [0.05, 0.1) is 44.5 Å². The molecular formula is C22H19FN8O2. The van der Waals surface area contributed by atoms with E-state index in [9.17, 15) is 0 Å². The Hall–Kier alpha value is -4.54. The quantitative estimate of drug-likeness (QED) is 0.389. The maximum atomic E-state index is 15.4. The molecule has 0 amide bonds. The minimum Gasteiger partial charge on any atom is -0.497 e. The van der Waals surface area contributed by atoms with Crippen molar-refractivity contribution in [3.05, 3.63) is 66.9 Å². The Labute approximate surface area is 187 Å². The van der Waals surface area contributed by atoms with E-state index in [2.05, 4.69) is 35.1 Å². The van der Waals surface area contributed by atoms with E-state index in [0.717, 1.165) is 5.56 Å². The Morgan fingerprint density at radius 2 is 1.97 bits per heavy atom. The topological polar surface area (TPSA) is 118 Å². The smallest absolute Gasteiger partial charge is 0.188 e. The normalized spacial score (nSPS) is 11.0. The van der Waals surface area contributed by atoms with Crippen LogP contribution in [0, 0.1) is 5.82 Å². The van der Waals surface area contributed by atoms with E-state index >= 15 is 4.39 Å². The van der Waals surface area contributed by atoms with Crippen LogP contribution in [0.25, 0.3) is 22.4 Å². The summed E-state index contributed by atoms with van der Waals surface area (Å²) in [6.45, 7) is 0.216. The lowest BCUT2D eigenvalue weighted by Gasteiger charge is -2.25. The van der Waals surface area contributed by atoms with Crippen molar-refractivity contribution in [3.63, 3.8) is 0 Å². The third kappa shape index (κ3) is 3.91. The second-order valence-electron chi connectivity index (χ2n) is 7.04. The number of halogens is 1. The number of fused-ring (bicyclic) bond motifs is 1. The van der Waals surface area contributed by atoms with Crippen LogP contribution in [0.4, 0.5) is 15.9 Å². The van der Waals surface area contributed by atoms with Gasteiger partial charge in [-0.15, -0.1) is 0 Å². The van der Waals surface area contributed by atoms with E-state index in [1.54, 1.807) is 54.1 Å².